The Morgan fingerprint density at radius 3 is 2.14 bits per heavy atom. The Morgan fingerprint density at radius 2 is 1.86 bits per heavy atom. The molecule has 2 heterocycles. The summed E-state index contributed by atoms with van der Waals surface area (Å²) < 4.78 is 14.8. The van der Waals surface area contributed by atoms with Gasteiger partial charge in [0.15, 0.2) is 0 Å². The average molecular weight is 312 g/mol. The first-order valence-electron chi connectivity index (χ1n) is 6.98. The fourth-order valence-electron chi connectivity index (χ4n) is 1.20. The first-order valence-corrected chi connectivity index (χ1v) is 6.98. The molecule has 0 aromatic carbocycles. The summed E-state index contributed by atoms with van der Waals surface area (Å²) >= 11 is 0. The first kappa shape index (κ1) is 19.9. The zero-order chi connectivity index (χ0) is 17.0. The summed E-state index contributed by atoms with van der Waals surface area (Å²) in [4.78, 5) is 20.5. The fourth-order valence-corrected chi connectivity index (χ4v) is 1.20. The maximum atomic E-state index is 10.9. The Kier molecular flexibility index (Phi) is 10.5. The number of rotatable bonds is 3. The van der Waals surface area contributed by atoms with Crippen LogP contribution in [0, 0.1) is 0 Å². The lowest BCUT2D eigenvalue weighted by Gasteiger charge is -2.09. The highest BCUT2D eigenvalue weighted by atomic mass is 16.7. The number of carboxylic acids is 1. The Balaban J connectivity index is 0.000000337. The molecule has 0 spiro atoms. The molecule has 0 bridgehead atoms. The number of esters is 1. The van der Waals surface area contributed by atoms with Gasteiger partial charge in [0.1, 0.15) is 0 Å². The normalized spacial score (nSPS) is 18.0. The van der Waals surface area contributed by atoms with E-state index in [0.29, 0.717) is 12.2 Å². The molecule has 1 atom stereocenters. The van der Waals surface area contributed by atoms with Crippen molar-refractivity contribution in [3.8, 4) is 0 Å². The lowest BCUT2D eigenvalue weighted by atomic mass is 10.3. The number of aliphatic carboxylic acids is 1. The van der Waals surface area contributed by atoms with Gasteiger partial charge in [-0.15, -0.1) is 0 Å². The zero-order valence-corrected chi connectivity index (χ0v) is 13.2. The largest absolute Gasteiger partial charge is 0.501 e. The smallest absolute Gasteiger partial charge is 0.335 e. The Morgan fingerprint density at radius 1 is 1.23 bits per heavy atom. The van der Waals surface area contributed by atoms with E-state index in [-0.39, 0.29) is 17.8 Å². The van der Waals surface area contributed by atoms with E-state index in [1.54, 1.807) is 13.2 Å². The molecule has 1 saturated heterocycles. The molecule has 22 heavy (non-hydrogen) atoms. The highest BCUT2D eigenvalue weighted by Gasteiger charge is 2.19. The van der Waals surface area contributed by atoms with E-state index in [9.17, 15) is 9.59 Å². The number of carboxylic acid groups (broad SMARTS) is 1. The molecule has 124 valence electrons. The Hall–Kier alpha value is -2.08. The summed E-state index contributed by atoms with van der Waals surface area (Å²) in [6.45, 7) is 11.3. The van der Waals surface area contributed by atoms with Gasteiger partial charge in [-0.25, -0.2) is 9.59 Å². The number of carbonyl (C=O) groups excluding carboxylic acids is 1. The van der Waals surface area contributed by atoms with Crippen molar-refractivity contribution < 1.29 is 28.9 Å². The van der Waals surface area contributed by atoms with E-state index in [1.165, 1.54) is 6.92 Å². The quantitative estimate of drug-likeness (QED) is 0.637. The van der Waals surface area contributed by atoms with Crippen molar-refractivity contribution in [3.05, 3.63) is 36.6 Å². The maximum absolute atomic E-state index is 10.9. The molecule has 0 saturated carbocycles. The molecule has 2 aliphatic heterocycles. The Labute approximate surface area is 131 Å². The van der Waals surface area contributed by atoms with Gasteiger partial charge < -0.3 is 19.3 Å². The second kappa shape index (κ2) is 11.6. The van der Waals surface area contributed by atoms with Crippen LogP contribution in [0.4, 0.5) is 0 Å². The molecular formula is C16H24O6. The SMILES string of the molecule is C1=COCC1.C=C(C)C(=O)O.C=C(C)C(=O)OC1CCCO1. The third kappa shape index (κ3) is 10.7. The van der Waals surface area contributed by atoms with Crippen molar-refractivity contribution in [1.82, 2.24) is 0 Å². The van der Waals surface area contributed by atoms with E-state index in [1.807, 2.05) is 6.08 Å². The van der Waals surface area contributed by atoms with Crippen LogP contribution in [0.15, 0.2) is 36.6 Å². The summed E-state index contributed by atoms with van der Waals surface area (Å²) in [5.41, 5.74) is 0.593. The summed E-state index contributed by atoms with van der Waals surface area (Å²) in [6, 6.07) is 0. The minimum atomic E-state index is -0.935. The van der Waals surface area contributed by atoms with Crippen LogP contribution in [0.1, 0.15) is 33.1 Å². The Bertz CT molecular complexity index is 400. The summed E-state index contributed by atoms with van der Waals surface area (Å²) in [6.07, 6.45) is 6.28. The van der Waals surface area contributed by atoms with Gasteiger partial charge in [0, 0.05) is 24.0 Å². The van der Waals surface area contributed by atoms with Crippen molar-refractivity contribution in [3.63, 3.8) is 0 Å². The maximum Gasteiger partial charge on any atom is 0.335 e. The van der Waals surface area contributed by atoms with Crippen LogP contribution in [-0.4, -0.2) is 36.5 Å². The van der Waals surface area contributed by atoms with Crippen LogP contribution in [0.5, 0.6) is 0 Å². The summed E-state index contributed by atoms with van der Waals surface area (Å²) in [5.74, 6) is -1.30. The van der Waals surface area contributed by atoms with Crippen molar-refractivity contribution in [2.45, 2.75) is 39.4 Å². The van der Waals surface area contributed by atoms with E-state index in [0.717, 1.165) is 25.9 Å². The minimum absolute atomic E-state index is 0.176. The van der Waals surface area contributed by atoms with Crippen LogP contribution in [0.25, 0.3) is 0 Å². The van der Waals surface area contributed by atoms with Crippen molar-refractivity contribution >= 4 is 11.9 Å². The van der Waals surface area contributed by atoms with E-state index >= 15 is 0 Å². The molecule has 1 fully saturated rings. The minimum Gasteiger partial charge on any atom is -0.501 e. The van der Waals surface area contributed by atoms with Crippen molar-refractivity contribution in [1.29, 1.82) is 0 Å². The molecule has 1 unspecified atom stereocenters. The van der Waals surface area contributed by atoms with E-state index in [4.69, 9.17) is 19.3 Å². The third-order valence-electron chi connectivity index (χ3n) is 2.43. The third-order valence-corrected chi connectivity index (χ3v) is 2.43. The molecule has 2 rings (SSSR count). The highest BCUT2D eigenvalue weighted by molar-refractivity contribution is 5.87. The topological polar surface area (TPSA) is 82.1 Å². The first-order chi connectivity index (χ1) is 10.3. The molecule has 0 aliphatic carbocycles. The molecule has 6 nitrogen and oxygen atoms in total. The molecule has 0 aromatic rings. The molecule has 2 aliphatic rings. The van der Waals surface area contributed by atoms with Gasteiger partial charge in [-0.05, 0) is 26.3 Å². The van der Waals surface area contributed by atoms with Gasteiger partial charge in [0.25, 0.3) is 0 Å². The van der Waals surface area contributed by atoms with Crippen LogP contribution >= 0.6 is 0 Å². The van der Waals surface area contributed by atoms with Gasteiger partial charge >= 0.3 is 11.9 Å². The zero-order valence-electron chi connectivity index (χ0n) is 13.2. The van der Waals surface area contributed by atoms with Gasteiger partial charge in [-0.2, -0.15) is 0 Å². The predicted octanol–water partition coefficient (Wildman–Crippen LogP) is 2.81. The molecular weight excluding hydrogens is 288 g/mol. The lowest BCUT2D eigenvalue weighted by Crippen LogP contribution is -2.16. The second-order valence-corrected chi connectivity index (χ2v) is 4.74. The number of hydrogen-bond acceptors (Lipinski definition) is 5. The van der Waals surface area contributed by atoms with Crippen LogP contribution in [-0.2, 0) is 23.8 Å². The van der Waals surface area contributed by atoms with Crippen LogP contribution in [0.2, 0.25) is 0 Å². The van der Waals surface area contributed by atoms with Gasteiger partial charge in [-0.1, -0.05) is 13.2 Å². The number of ether oxygens (including phenoxy) is 3. The number of hydrogen-bond donors (Lipinski definition) is 1. The van der Waals surface area contributed by atoms with Gasteiger partial charge in [0.2, 0.25) is 6.29 Å². The number of carbonyl (C=O) groups is 2. The summed E-state index contributed by atoms with van der Waals surface area (Å²) in [7, 11) is 0. The summed E-state index contributed by atoms with van der Waals surface area (Å²) in [5, 5.41) is 7.89. The standard InChI is InChI=1S/C8H12O3.C4H6O2.C4H6O/c1-6(2)8(9)11-7-4-3-5-10-7;1-3(2)4(5)6;1-2-4-5-3-1/h7H,1,3-5H2,2H3;1H2,2H3,(H,5,6);1,3H,2,4H2. The van der Waals surface area contributed by atoms with Crippen LogP contribution in [0.3, 0.4) is 0 Å². The van der Waals surface area contributed by atoms with Crippen molar-refractivity contribution in [2.24, 2.45) is 0 Å². The van der Waals surface area contributed by atoms with E-state index < -0.39 is 5.97 Å². The van der Waals surface area contributed by atoms with Gasteiger partial charge in [0.05, 0.1) is 19.5 Å². The molecule has 0 radical (unpaired) electrons. The predicted molar refractivity (Wildman–Crippen MR) is 82.0 cm³/mol. The van der Waals surface area contributed by atoms with Gasteiger partial charge in [-0.3, -0.25) is 0 Å². The fraction of sp³-hybridized carbons (Fsp3) is 0.500. The highest BCUT2D eigenvalue weighted by Crippen LogP contribution is 2.14. The lowest BCUT2D eigenvalue weighted by molar-refractivity contribution is -0.164. The molecule has 0 aromatic heterocycles. The van der Waals surface area contributed by atoms with Crippen molar-refractivity contribution in [2.75, 3.05) is 13.2 Å². The monoisotopic (exact) mass is 312 g/mol. The molecule has 6 heteroatoms. The molecule has 1 N–H and O–H groups in total. The second-order valence-electron chi connectivity index (χ2n) is 4.74. The molecule has 0 amide bonds. The van der Waals surface area contributed by atoms with E-state index in [2.05, 4.69) is 13.2 Å². The average Bonchev–Trinajstić information content (AvgIpc) is 3.15. The van der Waals surface area contributed by atoms with Crippen LogP contribution < -0.4 is 0 Å².